The molecule has 1 fully saturated rings. The molecule has 0 radical (unpaired) electrons. The van der Waals surface area contributed by atoms with Crippen LogP contribution in [0.3, 0.4) is 0 Å². The average Bonchev–Trinajstić information content (AvgIpc) is 3.27. The van der Waals surface area contributed by atoms with Crippen molar-refractivity contribution in [3.63, 3.8) is 0 Å². The molecule has 28 heavy (non-hydrogen) atoms. The second-order valence-corrected chi connectivity index (χ2v) is 8.03. The third kappa shape index (κ3) is 4.75. The number of hydrogen-bond donors (Lipinski definition) is 2. The van der Waals surface area contributed by atoms with Crippen molar-refractivity contribution in [1.82, 2.24) is 15.2 Å². The minimum atomic E-state index is -0.338. The van der Waals surface area contributed by atoms with Crippen molar-refractivity contribution in [3.05, 3.63) is 35.2 Å². The SMILES string of the molecule is CC(=O)NCc1ccc(-c2csc(NC(=O)C3CC(=O)N(C(C)C)C3)n2)cc1. The van der Waals surface area contributed by atoms with E-state index < -0.39 is 0 Å². The van der Waals surface area contributed by atoms with Crippen LogP contribution in [-0.2, 0) is 20.9 Å². The van der Waals surface area contributed by atoms with Crippen LogP contribution in [0.4, 0.5) is 5.13 Å². The van der Waals surface area contributed by atoms with E-state index in [9.17, 15) is 14.4 Å². The first-order valence-electron chi connectivity index (χ1n) is 9.23. The Kier molecular flexibility index (Phi) is 6.08. The van der Waals surface area contributed by atoms with Gasteiger partial charge in [-0.1, -0.05) is 24.3 Å². The largest absolute Gasteiger partial charge is 0.352 e. The molecule has 2 aromatic rings. The third-order valence-corrected chi connectivity index (χ3v) is 5.44. The molecule has 0 aliphatic carbocycles. The summed E-state index contributed by atoms with van der Waals surface area (Å²) < 4.78 is 0. The average molecular weight is 401 g/mol. The van der Waals surface area contributed by atoms with Gasteiger partial charge in [0.15, 0.2) is 5.13 Å². The highest BCUT2D eigenvalue weighted by Gasteiger charge is 2.35. The Morgan fingerprint density at radius 3 is 2.61 bits per heavy atom. The van der Waals surface area contributed by atoms with Gasteiger partial charge in [-0.25, -0.2) is 4.98 Å². The highest BCUT2D eigenvalue weighted by molar-refractivity contribution is 7.14. The van der Waals surface area contributed by atoms with E-state index in [1.807, 2.05) is 43.5 Å². The summed E-state index contributed by atoms with van der Waals surface area (Å²) in [6, 6.07) is 7.86. The maximum atomic E-state index is 12.5. The van der Waals surface area contributed by atoms with Crippen LogP contribution in [0.5, 0.6) is 0 Å². The number of rotatable bonds is 6. The molecule has 2 heterocycles. The van der Waals surface area contributed by atoms with Crippen molar-refractivity contribution in [1.29, 1.82) is 0 Å². The molecular weight excluding hydrogens is 376 g/mol. The molecule has 0 bridgehead atoms. The molecule has 3 rings (SSSR count). The maximum absolute atomic E-state index is 12.5. The molecular formula is C20H24N4O3S. The lowest BCUT2D eigenvalue weighted by Crippen LogP contribution is -2.33. The number of hydrogen-bond acceptors (Lipinski definition) is 5. The van der Waals surface area contributed by atoms with E-state index in [4.69, 9.17) is 0 Å². The Balaban J connectivity index is 1.60. The van der Waals surface area contributed by atoms with Gasteiger partial charge in [-0.3, -0.25) is 14.4 Å². The molecule has 1 aliphatic rings. The third-order valence-electron chi connectivity index (χ3n) is 4.68. The lowest BCUT2D eigenvalue weighted by Gasteiger charge is -2.20. The summed E-state index contributed by atoms with van der Waals surface area (Å²) in [6.07, 6.45) is 0.248. The molecule has 1 unspecified atom stereocenters. The fourth-order valence-electron chi connectivity index (χ4n) is 3.10. The Morgan fingerprint density at radius 1 is 1.29 bits per heavy atom. The number of anilines is 1. The zero-order valence-corrected chi connectivity index (χ0v) is 17.0. The van der Waals surface area contributed by atoms with E-state index in [0.29, 0.717) is 18.2 Å². The smallest absolute Gasteiger partial charge is 0.231 e. The minimum Gasteiger partial charge on any atom is -0.352 e. The number of aromatic nitrogens is 1. The summed E-state index contributed by atoms with van der Waals surface area (Å²) in [5.74, 6) is -0.544. The van der Waals surface area contributed by atoms with Gasteiger partial charge in [-0.2, -0.15) is 0 Å². The van der Waals surface area contributed by atoms with Gasteiger partial charge < -0.3 is 15.5 Å². The van der Waals surface area contributed by atoms with Crippen LogP contribution in [0.15, 0.2) is 29.6 Å². The first-order chi connectivity index (χ1) is 13.3. The van der Waals surface area contributed by atoms with Gasteiger partial charge in [0.25, 0.3) is 0 Å². The summed E-state index contributed by atoms with van der Waals surface area (Å²) in [5, 5.41) is 8.01. The molecule has 148 valence electrons. The van der Waals surface area contributed by atoms with Gasteiger partial charge in [0.05, 0.1) is 11.6 Å². The number of likely N-dealkylation sites (tertiary alicyclic amines) is 1. The van der Waals surface area contributed by atoms with E-state index in [0.717, 1.165) is 16.8 Å². The predicted octanol–water partition coefficient (Wildman–Crippen LogP) is 2.64. The first kappa shape index (κ1) is 20.0. The van der Waals surface area contributed by atoms with Crippen molar-refractivity contribution in [2.45, 2.75) is 39.8 Å². The molecule has 2 N–H and O–H groups in total. The zero-order chi connectivity index (χ0) is 20.3. The Hall–Kier alpha value is -2.74. The molecule has 1 aromatic carbocycles. The van der Waals surface area contributed by atoms with Gasteiger partial charge in [0, 0.05) is 43.4 Å². The molecule has 0 saturated carbocycles. The predicted molar refractivity (Wildman–Crippen MR) is 109 cm³/mol. The number of thiazole rings is 1. The molecule has 1 aromatic heterocycles. The van der Waals surface area contributed by atoms with E-state index in [-0.39, 0.29) is 36.1 Å². The second kappa shape index (κ2) is 8.52. The maximum Gasteiger partial charge on any atom is 0.231 e. The molecule has 1 aliphatic heterocycles. The lowest BCUT2D eigenvalue weighted by molar-refractivity contribution is -0.129. The summed E-state index contributed by atoms with van der Waals surface area (Å²) >= 11 is 1.36. The topological polar surface area (TPSA) is 91.4 Å². The fourth-order valence-corrected chi connectivity index (χ4v) is 3.82. The second-order valence-electron chi connectivity index (χ2n) is 7.17. The normalized spacial score (nSPS) is 16.5. The Morgan fingerprint density at radius 2 is 2.00 bits per heavy atom. The van der Waals surface area contributed by atoms with Crippen molar-refractivity contribution in [2.75, 3.05) is 11.9 Å². The first-order valence-corrected chi connectivity index (χ1v) is 10.1. The van der Waals surface area contributed by atoms with Gasteiger partial charge in [0.2, 0.25) is 17.7 Å². The molecule has 3 amide bonds. The Bertz CT molecular complexity index is 876. The number of carbonyl (C=O) groups excluding carboxylic acids is 3. The van der Waals surface area contributed by atoms with Crippen LogP contribution in [0.25, 0.3) is 11.3 Å². The number of nitrogens with zero attached hydrogens (tertiary/aromatic N) is 2. The van der Waals surface area contributed by atoms with Crippen molar-refractivity contribution in [2.24, 2.45) is 5.92 Å². The van der Waals surface area contributed by atoms with E-state index in [2.05, 4.69) is 15.6 Å². The quantitative estimate of drug-likeness (QED) is 0.780. The minimum absolute atomic E-state index is 0.0225. The van der Waals surface area contributed by atoms with Crippen LogP contribution >= 0.6 is 11.3 Å². The van der Waals surface area contributed by atoms with Gasteiger partial charge in [-0.15, -0.1) is 11.3 Å². The van der Waals surface area contributed by atoms with Gasteiger partial charge in [-0.05, 0) is 19.4 Å². The van der Waals surface area contributed by atoms with Crippen molar-refractivity contribution in [3.8, 4) is 11.3 Å². The highest BCUT2D eigenvalue weighted by Crippen LogP contribution is 2.27. The van der Waals surface area contributed by atoms with Crippen LogP contribution in [0.1, 0.15) is 32.8 Å². The van der Waals surface area contributed by atoms with Crippen LogP contribution in [-0.4, -0.2) is 40.2 Å². The Labute approximate surface area is 168 Å². The summed E-state index contributed by atoms with van der Waals surface area (Å²) in [6.45, 7) is 6.33. The number of amides is 3. The van der Waals surface area contributed by atoms with Crippen LogP contribution in [0, 0.1) is 5.92 Å². The molecule has 8 heteroatoms. The van der Waals surface area contributed by atoms with Gasteiger partial charge >= 0.3 is 0 Å². The number of benzene rings is 1. The monoisotopic (exact) mass is 400 g/mol. The van der Waals surface area contributed by atoms with Crippen molar-refractivity contribution < 1.29 is 14.4 Å². The zero-order valence-electron chi connectivity index (χ0n) is 16.2. The van der Waals surface area contributed by atoms with Crippen LogP contribution < -0.4 is 10.6 Å². The van der Waals surface area contributed by atoms with E-state index in [1.165, 1.54) is 18.3 Å². The van der Waals surface area contributed by atoms with E-state index in [1.54, 1.807) is 4.90 Å². The van der Waals surface area contributed by atoms with Crippen LogP contribution in [0.2, 0.25) is 0 Å². The standard InChI is InChI=1S/C20H24N4O3S/c1-12(2)24-10-16(8-18(24)26)19(27)23-20-22-17(11-28-20)15-6-4-14(5-7-15)9-21-13(3)25/h4-7,11-12,16H,8-10H2,1-3H3,(H,21,25)(H,22,23,27). The van der Waals surface area contributed by atoms with Gasteiger partial charge in [0.1, 0.15) is 0 Å². The number of carbonyl (C=O) groups is 3. The fraction of sp³-hybridized carbons (Fsp3) is 0.400. The lowest BCUT2D eigenvalue weighted by atomic mass is 10.1. The summed E-state index contributed by atoms with van der Waals surface area (Å²) in [5.41, 5.74) is 2.71. The molecule has 1 saturated heterocycles. The summed E-state index contributed by atoms with van der Waals surface area (Å²) in [4.78, 5) is 41.7. The number of nitrogens with one attached hydrogen (secondary N) is 2. The van der Waals surface area contributed by atoms with Crippen molar-refractivity contribution >= 4 is 34.2 Å². The van der Waals surface area contributed by atoms with E-state index >= 15 is 0 Å². The molecule has 1 atom stereocenters. The summed E-state index contributed by atoms with van der Waals surface area (Å²) in [7, 11) is 0. The highest BCUT2D eigenvalue weighted by atomic mass is 32.1. The molecule has 0 spiro atoms. The molecule has 7 nitrogen and oxygen atoms in total.